The first-order valence-electron chi connectivity index (χ1n) is 6.26. The van der Waals surface area contributed by atoms with Crippen molar-refractivity contribution in [3.8, 4) is 0 Å². The summed E-state index contributed by atoms with van der Waals surface area (Å²) in [6, 6.07) is 3.71. The van der Waals surface area contributed by atoms with E-state index in [-0.39, 0.29) is 30.8 Å². The van der Waals surface area contributed by atoms with E-state index in [9.17, 15) is 14.0 Å². The SMILES string of the molecule is CC(=O)Nc1ccc(F)c(C(=O)OCCOC(C)C)c1. The summed E-state index contributed by atoms with van der Waals surface area (Å²) in [4.78, 5) is 22.6. The van der Waals surface area contributed by atoms with E-state index in [1.165, 1.54) is 19.1 Å². The first-order chi connectivity index (χ1) is 9.40. The summed E-state index contributed by atoms with van der Waals surface area (Å²) in [6.07, 6.45) is 0.0357. The van der Waals surface area contributed by atoms with Crippen LogP contribution in [0, 0.1) is 5.82 Å². The van der Waals surface area contributed by atoms with Gasteiger partial charge in [0, 0.05) is 12.6 Å². The number of halogens is 1. The Hall–Kier alpha value is -1.95. The third-order valence-corrected chi connectivity index (χ3v) is 2.27. The smallest absolute Gasteiger partial charge is 0.341 e. The van der Waals surface area contributed by atoms with E-state index in [0.29, 0.717) is 5.69 Å². The van der Waals surface area contributed by atoms with Crippen molar-refractivity contribution >= 4 is 17.6 Å². The lowest BCUT2D eigenvalue weighted by Gasteiger charge is -2.09. The molecular formula is C14H18FNO4. The second-order valence-corrected chi connectivity index (χ2v) is 4.43. The maximum atomic E-state index is 13.6. The molecule has 0 aliphatic carbocycles. The molecule has 1 amide bonds. The topological polar surface area (TPSA) is 64.6 Å². The lowest BCUT2D eigenvalue weighted by atomic mass is 10.2. The second kappa shape index (κ2) is 7.59. The summed E-state index contributed by atoms with van der Waals surface area (Å²) in [7, 11) is 0. The summed E-state index contributed by atoms with van der Waals surface area (Å²) in [5.74, 6) is -1.79. The molecule has 20 heavy (non-hydrogen) atoms. The summed E-state index contributed by atoms with van der Waals surface area (Å²) in [5.41, 5.74) is 0.116. The number of hydrogen-bond acceptors (Lipinski definition) is 4. The van der Waals surface area contributed by atoms with Crippen molar-refractivity contribution in [3.05, 3.63) is 29.6 Å². The monoisotopic (exact) mass is 283 g/mol. The number of benzene rings is 1. The predicted octanol–water partition coefficient (Wildman–Crippen LogP) is 2.37. The molecule has 0 aromatic heterocycles. The van der Waals surface area contributed by atoms with Gasteiger partial charge in [0.25, 0.3) is 0 Å². The molecule has 1 aromatic carbocycles. The molecule has 0 bridgehead atoms. The maximum absolute atomic E-state index is 13.6. The fraction of sp³-hybridized carbons (Fsp3) is 0.429. The third-order valence-electron chi connectivity index (χ3n) is 2.27. The minimum atomic E-state index is -0.790. The molecule has 0 unspecified atom stereocenters. The van der Waals surface area contributed by atoms with Gasteiger partial charge in [0.15, 0.2) is 0 Å². The van der Waals surface area contributed by atoms with Gasteiger partial charge in [-0.3, -0.25) is 4.79 Å². The molecule has 0 aliphatic rings. The third kappa shape index (κ3) is 5.36. The number of esters is 1. The Balaban J connectivity index is 2.64. The van der Waals surface area contributed by atoms with Crippen molar-refractivity contribution in [1.29, 1.82) is 0 Å². The Bertz CT molecular complexity index is 488. The van der Waals surface area contributed by atoms with Crippen molar-refractivity contribution in [1.82, 2.24) is 0 Å². The molecule has 0 heterocycles. The van der Waals surface area contributed by atoms with Crippen LogP contribution in [0.25, 0.3) is 0 Å². The molecule has 1 N–H and O–H groups in total. The van der Waals surface area contributed by atoms with E-state index in [4.69, 9.17) is 9.47 Å². The maximum Gasteiger partial charge on any atom is 0.341 e. The number of nitrogens with one attached hydrogen (secondary N) is 1. The Kier molecular flexibility index (Phi) is 6.11. The van der Waals surface area contributed by atoms with Gasteiger partial charge in [0.05, 0.1) is 18.3 Å². The average Bonchev–Trinajstić information content (AvgIpc) is 2.36. The highest BCUT2D eigenvalue weighted by molar-refractivity contribution is 5.93. The van der Waals surface area contributed by atoms with Crippen LogP contribution < -0.4 is 5.32 Å². The van der Waals surface area contributed by atoms with Crippen LogP contribution in [0.2, 0.25) is 0 Å². The van der Waals surface area contributed by atoms with Gasteiger partial charge in [-0.15, -0.1) is 0 Å². The molecule has 0 atom stereocenters. The largest absolute Gasteiger partial charge is 0.460 e. The van der Waals surface area contributed by atoms with E-state index in [1.54, 1.807) is 0 Å². The van der Waals surface area contributed by atoms with Gasteiger partial charge < -0.3 is 14.8 Å². The van der Waals surface area contributed by atoms with Gasteiger partial charge in [-0.2, -0.15) is 0 Å². The van der Waals surface area contributed by atoms with Crippen LogP contribution in [0.1, 0.15) is 31.1 Å². The van der Waals surface area contributed by atoms with Crippen LogP contribution in [0.5, 0.6) is 0 Å². The molecule has 1 rings (SSSR count). The van der Waals surface area contributed by atoms with Crippen LogP contribution >= 0.6 is 0 Å². The zero-order chi connectivity index (χ0) is 15.1. The predicted molar refractivity (Wildman–Crippen MR) is 72.1 cm³/mol. The van der Waals surface area contributed by atoms with Crippen molar-refractivity contribution in [2.24, 2.45) is 0 Å². The van der Waals surface area contributed by atoms with Crippen molar-refractivity contribution in [2.75, 3.05) is 18.5 Å². The molecule has 0 saturated heterocycles. The summed E-state index contributed by atoms with van der Waals surface area (Å²) < 4.78 is 23.7. The zero-order valence-corrected chi connectivity index (χ0v) is 11.7. The number of amides is 1. The lowest BCUT2D eigenvalue weighted by molar-refractivity contribution is -0.114. The fourth-order valence-electron chi connectivity index (χ4n) is 1.46. The van der Waals surface area contributed by atoms with E-state index >= 15 is 0 Å². The Morgan fingerprint density at radius 2 is 2.00 bits per heavy atom. The summed E-state index contributed by atoms with van der Waals surface area (Å²) in [6.45, 7) is 5.33. The number of carbonyl (C=O) groups excluding carboxylic acids is 2. The van der Waals surface area contributed by atoms with Gasteiger partial charge in [0.1, 0.15) is 12.4 Å². The molecule has 1 aromatic rings. The summed E-state index contributed by atoms with van der Waals surface area (Å²) >= 11 is 0. The molecular weight excluding hydrogens is 265 g/mol. The fourth-order valence-corrected chi connectivity index (χ4v) is 1.46. The van der Waals surface area contributed by atoms with E-state index in [2.05, 4.69) is 5.32 Å². The Labute approximate surface area is 117 Å². The normalized spacial score (nSPS) is 10.4. The molecule has 0 spiro atoms. The highest BCUT2D eigenvalue weighted by Gasteiger charge is 2.14. The molecule has 5 nitrogen and oxygen atoms in total. The number of rotatable bonds is 6. The minimum absolute atomic E-state index is 0.0357. The molecule has 6 heteroatoms. The van der Waals surface area contributed by atoms with E-state index in [0.717, 1.165) is 6.07 Å². The number of ether oxygens (including phenoxy) is 2. The van der Waals surface area contributed by atoms with Crippen LogP contribution in [0.4, 0.5) is 10.1 Å². The standard InChI is InChI=1S/C14H18FNO4/c1-9(2)19-6-7-20-14(18)12-8-11(16-10(3)17)4-5-13(12)15/h4-5,8-9H,6-7H2,1-3H3,(H,16,17). The first kappa shape index (κ1) is 16.1. The lowest BCUT2D eigenvalue weighted by Crippen LogP contribution is -2.15. The second-order valence-electron chi connectivity index (χ2n) is 4.43. The Morgan fingerprint density at radius 1 is 1.30 bits per heavy atom. The number of hydrogen-bond donors (Lipinski definition) is 1. The van der Waals surface area contributed by atoms with Crippen molar-refractivity contribution < 1.29 is 23.5 Å². The molecule has 0 radical (unpaired) electrons. The quantitative estimate of drug-likeness (QED) is 0.643. The van der Waals surface area contributed by atoms with Crippen LogP contribution in [0.15, 0.2) is 18.2 Å². The number of carbonyl (C=O) groups is 2. The Morgan fingerprint density at radius 3 is 2.60 bits per heavy atom. The van der Waals surface area contributed by atoms with Crippen molar-refractivity contribution in [3.63, 3.8) is 0 Å². The van der Waals surface area contributed by atoms with Gasteiger partial charge in [-0.05, 0) is 32.0 Å². The zero-order valence-electron chi connectivity index (χ0n) is 11.7. The summed E-state index contributed by atoms with van der Waals surface area (Å²) in [5, 5.41) is 2.47. The first-order valence-corrected chi connectivity index (χ1v) is 6.26. The highest BCUT2D eigenvalue weighted by Crippen LogP contribution is 2.16. The average molecular weight is 283 g/mol. The van der Waals surface area contributed by atoms with E-state index < -0.39 is 11.8 Å². The van der Waals surface area contributed by atoms with Gasteiger partial charge in [-0.1, -0.05) is 0 Å². The van der Waals surface area contributed by atoms with Crippen LogP contribution in [-0.4, -0.2) is 31.2 Å². The molecule has 0 aliphatic heterocycles. The van der Waals surface area contributed by atoms with Gasteiger partial charge >= 0.3 is 5.97 Å². The minimum Gasteiger partial charge on any atom is -0.460 e. The molecule has 110 valence electrons. The van der Waals surface area contributed by atoms with Gasteiger partial charge in [-0.25, -0.2) is 9.18 Å². The van der Waals surface area contributed by atoms with Crippen LogP contribution in [0.3, 0.4) is 0 Å². The van der Waals surface area contributed by atoms with Crippen molar-refractivity contribution in [2.45, 2.75) is 26.9 Å². The van der Waals surface area contributed by atoms with E-state index in [1.807, 2.05) is 13.8 Å². The number of anilines is 1. The molecule has 0 fully saturated rings. The molecule has 0 saturated carbocycles. The van der Waals surface area contributed by atoms with Crippen LogP contribution in [-0.2, 0) is 14.3 Å². The highest BCUT2D eigenvalue weighted by atomic mass is 19.1. The van der Waals surface area contributed by atoms with Gasteiger partial charge in [0.2, 0.25) is 5.91 Å².